The van der Waals surface area contributed by atoms with E-state index in [9.17, 15) is 9.90 Å². The van der Waals surface area contributed by atoms with Crippen molar-refractivity contribution < 1.29 is 9.90 Å². The van der Waals surface area contributed by atoms with E-state index < -0.39 is 5.79 Å². The Balaban J connectivity index is 1.37. The molecule has 12 nitrogen and oxygen atoms in total. The summed E-state index contributed by atoms with van der Waals surface area (Å²) in [5.74, 6) is -0.479. The number of piperidine rings is 2. The van der Waals surface area contributed by atoms with E-state index in [1.807, 2.05) is 4.90 Å². The molecule has 1 amide bonds. The van der Waals surface area contributed by atoms with Crippen LogP contribution in [0.1, 0.15) is 42.5 Å². The summed E-state index contributed by atoms with van der Waals surface area (Å²) in [6, 6.07) is 11.5. The number of nitrogens with zero attached hydrogens (tertiary/aromatic N) is 4. The van der Waals surface area contributed by atoms with Gasteiger partial charge in [0.1, 0.15) is 11.5 Å². The fourth-order valence-electron chi connectivity index (χ4n) is 4.70. The van der Waals surface area contributed by atoms with Gasteiger partial charge in [-0.05, 0) is 81.6 Å². The molecule has 0 atom stereocenters. The van der Waals surface area contributed by atoms with Crippen LogP contribution in [0.3, 0.4) is 0 Å². The van der Waals surface area contributed by atoms with Crippen molar-refractivity contribution in [2.45, 2.75) is 43.9 Å². The first kappa shape index (κ1) is 26.9. The number of phenolic OH excluding ortho intramolecular Hbond substituents is 1. The lowest BCUT2D eigenvalue weighted by molar-refractivity contribution is 0.102. The van der Waals surface area contributed by atoms with Crippen molar-refractivity contribution in [3.63, 3.8) is 0 Å². The number of benzene rings is 2. The molecule has 2 aromatic carbocycles. The smallest absolute Gasteiger partial charge is 0.255 e. The highest BCUT2D eigenvalue weighted by Gasteiger charge is 2.33. The second-order valence-electron chi connectivity index (χ2n) is 9.87. The fourth-order valence-corrected chi connectivity index (χ4v) is 4.83. The molecule has 0 saturated carbocycles. The van der Waals surface area contributed by atoms with Gasteiger partial charge < -0.3 is 31.3 Å². The molecule has 0 radical (unpaired) electrons. The number of aromatic hydroxyl groups is 1. The molecule has 0 bridgehead atoms. The maximum absolute atomic E-state index is 12.6. The van der Waals surface area contributed by atoms with E-state index in [0.717, 1.165) is 38.8 Å². The Bertz CT molecular complexity index is 1310. The lowest BCUT2D eigenvalue weighted by Gasteiger charge is -2.41. The zero-order valence-corrected chi connectivity index (χ0v) is 22.2. The van der Waals surface area contributed by atoms with Gasteiger partial charge in [0.05, 0.1) is 5.69 Å². The van der Waals surface area contributed by atoms with Crippen LogP contribution >= 0.6 is 11.6 Å². The number of nitrogens with two attached hydrogens (primary N) is 2. The van der Waals surface area contributed by atoms with Crippen molar-refractivity contribution in [2.24, 2.45) is 11.5 Å². The number of halogens is 1. The summed E-state index contributed by atoms with van der Waals surface area (Å²) < 4.78 is 0. The Kier molecular flexibility index (Phi) is 7.98. The Labute approximate surface area is 231 Å². The average Bonchev–Trinajstić information content (AvgIpc) is 2.91. The third kappa shape index (κ3) is 6.66. The Morgan fingerprint density at radius 3 is 2.51 bits per heavy atom. The molecule has 0 unspecified atom stereocenters. The summed E-state index contributed by atoms with van der Waals surface area (Å²) in [6.07, 6.45) is 4.37. The highest BCUT2D eigenvalue weighted by atomic mass is 35.5. The van der Waals surface area contributed by atoms with Gasteiger partial charge in [0.15, 0.2) is 0 Å². The molecule has 9 N–H and O–H groups in total. The maximum Gasteiger partial charge on any atom is 0.255 e. The maximum atomic E-state index is 12.6. The first-order chi connectivity index (χ1) is 18.8. The number of nitrogens with one attached hydrogen (secondary N) is 4. The monoisotopic (exact) mass is 552 g/mol. The number of aromatic nitrogens is 3. The van der Waals surface area contributed by atoms with E-state index >= 15 is 0 Å². The molecule has 2 fully saturated rings. The van der Waals surface area contributed by atoms with E-state index in [1.165, 1.54) is 6.07 Å². The number of rotatable bonds is 7. The number of amides is 1. The van der Waals surface area contributed by atoms with Crippen LogP contribution < -0.4 is 37.6 Å². The minimum atomic E-state index is -1.06. The summed E-state index contributed by atoms with van der Waals surface area (Å²) in [7, 11) is 0. The first-order valence-corrected chi connectivity index (χ1v) is 13.4. The minimum Gasteiger partial charge on any atom is -0.506 e. The van der Waals surface area contributed by atoms with Gasteiger partial charge in [-0.25, -0.2) is 0 Å². The van der Waals surface area contributed by atoms with Crippen molar-refractivity contribution in [2.75, 3.05) is 40.5 Å². The molecule has 13 heteroatoms. The highest BCUT2D eigenvalue weighted by molar-refractivity contribution is 6.30. The van der Waals surface area contributed by atoms with Gasteiger partial charge in [-0.1, -0.05) is 11.6 Å². The molecule has 2 aliphatic heterocycles. The lowest BCUT2D eigenvalue weighted by Crippen LogP contribution is -2.65. The van der Waals surface area contributed by atoms with Crippen molar-refractivity contribution in [1.29, 1.82) is 0 Å². The zero-order chi connectivity index (χ0) is 27.4. The van der Waals surface area contributed by atoms with Crippen molar-refractivity contribution >= 4 is 46.7 Å². The van der Waals surface area contributed by atoms with Gasteiger partial charge in [-0.15, -0.1) is 0 Å². The quantitative estimate of drug-likeness (QED) is 0.169. The normalized spacial score (nSPS) is 17.5. The van der Waals surface area contributed by atoms with Gasteiger partial charge in [0.2, 0.25) is 17.8 Å². The Morgan fingerprint density at radius 2 is 1.79 bits per heavy atom. The summed E-state index contributed by atoms with van der Waals surface area (Å²) in [6.45, 7) is 2.47. The van der Waals surface area contributed by atoms with Crippen LogP contribution in [0.4, 0.5) is 29.2 Å². The Hall–Kier alpha value is -3.71. The molecule has 206 valence electrons. The van der Waals surface area contributed by atoms with Crippen LogP contribution in [-0.2, 0) is 0 Å². The number of anilines is 5. The van der Waals surface area contributed by atoms with Gasteiger partial charge in [-0.2, -0.15) is 15.0 Å². The van der Waals surface area contributed by atoms with E-state index in [2.05, 4.69) is 36.2 Å². The fraction of sp³-hybridized carbons (Fsp3) is 0.385. The molecule has 2 aliphatic rings. The molecule has 5 rings (SSSR count). The second kappa shape index (κ2) is 11.6. The third-order valence-corrected chi connectivity index (χ3v) is 7.11. The van der Waals surface area contributed by atoms with Crippen LogP contribution in [-0.4, -0.2) is 57.4 Å². The van der Waals surface area contributed by atoms with Crippen LogP contribution in [0.2, 0.25) is 5.02 Å². The van der Waals surface area contributed by atoms with Crippen LogP contribution in [0.5, 0.6) is 5.75 Å². The van der Waals surface area contributed by atoms with Crippen molar-refractivity contribution in [3.8, 4) is 5.75 Å². The molecule has 0 spiro atoms. The first-order valence-electron chi connectivity index (χ1n) is 13.0. The minimum absolute atomic E-state index is 0.122. The van der Waals surface area contributed by atoms with E-state index in [0.29, 0.717) is 41.1 Å². The molecule has 2 saturated heterocycles. The molecular formula is C26H33ClN10O2. The predicted octanol–water partition coefficient (Wildman–Crippen LogP) is 2.95. The van der Waals surface area contributed by atoms with Crippen LogP contribution in [0.25, 0.3) is 0 Å². The number of carbonyl (C=O) groups is 1. The molecule has 39 heavy (non-hydrogen) atoms. The molecular weight excluding hydrogens is 520 g/mol. The largest absolute Gasteiger partial charge is 0.506 e. The summed E-state index contributed by atoms with van der Waals surface area (Å²) in [5, 5.41) is 23.8. The molecule has 3 aromatic rings. The molecule has 1 aromatic heterocycles. The zero-order valence-electron chi connectivity index (χ0n) is 21.5. The number of phenols is 1. The second-order valence-corrected chi connectivity index (χ2v) is 10.3. The van der Waals surface area contributed by atoms with Crippen molar-refractivity contribution in [3.05, 3.63) is 53.1 Å². The van der Waals surface area contributed by atoms with Gasteiger partial charge in [0, 0.05) is 34.9 Å². The van der Waals surface area contributed by atoms with Crippen LogP contribution in [0.15, 0.2) is 42.5 Å². The SMILES string of the molecule is NC1(N)CCCCN1c1nc(Nc2ccc(NC(=O)c3ccc(Cl)cc3)c(O)c2)nc(NC2CCNCC2)n1. The average molecular weight is 553 g/mol. The van der Waals surface area contributed by atoms with E-state index in [-0.39, 0.29) is 29.3 Å². The van der Waals surface area contributed by atoms with Crippen LogP contribution in [0, 0.1) is 0 Å². The summed E-state index contributed by atoms with van der Waals surface area (Å²) in [5.41, 5.74) is 14.0. The molecule has 3 heterocycles. The third-order valence-electron chi connectivity index (χ3n) is 6.86. The summed E-state index contributed by atoms with van der Waals surface area (Å²) in [4.78, 5) is 28.2. The van der Waals surface area contributed by atoms with E-state index in [1.54, 1.807) is 36.4 Å². The molecule has 0 aliphatic carbocycles. The number of hydrogen-bond donors (Lipinski definition) is 7. The van der Waals surface area contributed by atoms with Gasteiger partial charge in [-0.3, -0.25) is 16.3 Å². The van der Waals surface area contributed by atoms with E-state index in [4.69, 9.17) is 23.1 Å². The number of carbonyl (C=O) groups excluding carboxylic acids is 1. The topological polar surface area (TPSA) is 179 Å². The number of hydrogen-bond acceptors (Lipinski definition) is 11. The Morgan fingerprint density at radius 1 is 1.05 bits per heavy atom. The standard InChI is InChI=1S/C26H33ClN10O2/c27-17-5-3-16(4-6-17)22(39)33-20-8-7-19(15-21(20)38)32-24-34-23(31-18-9-12-30-13-10-18)35-25(36-24)37-14-2-1-11-26(37,28)29/h3-8,15,18,30,38H,1-2,9-14,28-29H2,(H,33,39)(H2,31,32,34,35,36). The highest BCUT2D eigenvalue weighted by Crippen LogP contribution is 2.30. The van der Waals surface area contributed by atoms with Gasteiger partial charge >= 0.3 is 0 Å². The van der Waals surface area contributed by atoms with Crippen molar-refractivity contribution in [1.82, 2.24) is 20.3 Å². The lowest BCUT2D eigenvalue weighted by atomic mass is 10.0. The van der Waals surface area contributed by atoms with Gasteiger partial charge in [0.25, 0.3) is 5.91 Å². The predicted molar refractivity (Wildman–Crippen MR) is 152 cm³/mol. The summed E-state index contributed by atoms with van der Waals surface area (Å²) >= 11 is 5.90.